The summed E-state index contributed by atoms with van der Waals surface area (Å²) >= 11 is 7.75. The van der Waals surface area contributed by atoms with Crippen molar-refractivity contribution in [2.45, 2.75) is 19.4 Å². The van der Waals surface area contributed by atoms with E-state index in [0.717, 1.165) is 17.9 Å². The number of hydrogen-bond donors (Lipinski definition) is 1. The number of nitrogens with two attached hydrogens (primary N) is 1. The molecule has 0 aromatic carbocycles. The highest BCUT2D eigenvalue weighted by Crippen LogP contribution is 2.32. The molecule has 0 aliphatic heterocycles. The molecule has 0 unspecified atom stereocenters. The van der Waals surface area contributed by atoms with E-state index >= 15 is 0 Å². The molecule has 1 aromatic rings. The largest absolute Gasteiger partial charge is 0.326 e. The molecule has 64 valence electrons. The first-order valence-electron chi connectivity index (χ1n) is 3.96. The SMILES string of the molecule is NCc1csc2c1C=C(Cl)CC2. The molecule has 1 aliphatic carbocycles. The molecule has 0 atom stereocenters. The number of hydrogen-bond acceptors (Lipinski definition) is 2. The fourth-order valence-corrected chi connectivity index (χ4v) is 2.68. The number of halogens is 1. The van der Waals surface area contributed by atoms with Gasteiger partial charge in [-0.05, 0) is 35.4 Å². The summed E-state index contributed by atoms with van der Waals surface area (Å²) in [7, 11) is 0. The zero-order valence-corrected chi connectivity index (χ0v) is 8.21. The maximum atomic E-state index is 5.96. The standard InChI is InChI=1S/C9H10ClNS/c10-7-1-2-9-8(3-7)6(4-11)5-12-9/h3,5H,1-2,4,11H2. The Kier molecular flexibility index (Phi) is 2.22. The molecule has 0 fully saturated rings. The Balaban J connectivity index is 2.49. The lowest BCUT2D eigenvalue weighted by Crippen LogP contribution is -1.99. The van der Waals surface area contributed by atoms with E-state index in [9.17, 15) is 0 Å². The molecule has 1 aliphatic rings. The Morgan fingerprint density at radius 3 is 3.08 bits per heavy atom. The first-order valence-corrected chi connectivity index (χ1v) is 5.22. The van der Waals surface area contributed by atoms with Gasteiger partial charge in [0.05, 0.1) is 0 Å². The molecular formula is C9H10ClNS. The van der Waals surface area contributed by atoms with Gasteiger partial charge in [-0.3, -0.25) is 0 Å². The van der Waals surface area contributed by atoms with E-state index < -0.39 is 0 Å². The molecule has 0 saturated carbocycles. The van der Waals surface area contributed by atoms with Gasteiger partial charge >= 0.3 is 0 Å². The van der Waals surface area contributed by atoms with Gasteiger partial charge in [0.2, 0.25) is 0 Å². The molecule has 0 amide bonds. The van der Waals surface area contributed by atoms with Crippen LogP contribution in [-0.2, 0) is 13.0 Å². The minimum Gasteiger partial charge on any atom is -0.326 e. The normalized spacial score (nSPS) is 15.7. The van der Waals surface area contributed by atoms with Gasteiger partial charge in [-0.2, -0.15) is 0 Å². The molecule has 2 rings (SSSR count). The van der Waals surface area contributed by atoms with E-state index in [1.165, 1.54) is 16.0 Å². The van der Waals surface area contributed by atoms with E-state index in [1.54, 1.807) is 11.3 Å². The van der Waals surface area contributed by atoms with Crippen molar-refractivity contribution in [3.8, 4) is 0 Å². The lowest BCUT2D eigenvalue weighted by molar-refractivity contribution is 0.983. The Morgan fingerprint density at radius 1 is 1.50 bits per heavy atom. The Labute approximate surface area is 80.8 Å². The van der Waals surface area contributed by atoms with Gasteiger partial charge in [-0.1, -0.05) is 11.6 Å². The second kappa shape index (κ2) is 3.21. The van der Waals surface area contributed by atoms with Crippen molar-refractivity contribution in [2.24, 2.45) is 5.73 Å². The minimum absolute atomic E-state index is 0.618. The van der Waals surface area contributed by atoms with Crippen molar-refractivity contribution in [1.82, 2.24) is 0 Å². The maximum Gasteiger partial charge on any atom is 0.0192 e. The molecule has 0 spiro atoms. The van der Waals surface area contributed by atoms with Crippen molar-refractivity contribution in [2.75, 3.05) is 0 Å². The van der Waals surface area contributed by atoms with E-state index in [2.05, 4.69) is 11.5 Å². The van der Waals surface area contributed by atoms with Crippen molar-refractivity contribution >= 4 is 29.0 Å². The Hall–Kier alpha value is -0.310. The number of fused-ring (bicyclic) bond motifs is 1. The number of rotatable bonds is 1. The molecule has 1 heterocycles. The second-order valence-electron chi connectivity index (χ2n) is 2.89. The molecule has 1 nitrogen and oxygen atoms in total. The van der Waals surface area contributed by atoms with Crippen LogP contribution in [0.2, 0.25) is 0 Å². The topological polar surface area (TPSA) is 26.0 Å². The van der Waals surface area contributed by atoms with Crippen molar-refractivity contribution in [3.63, 3.8) is 0 Å². The van der Waals surface area contributed by atoms with Crippen LogP contribution in [0, 0.1) is 0 Å². The molecule has 0 bridgehead atoms. The van der Waals surface area contributed by atoms with Crippen LogP contribution in [0.25, 0.3) is 6.08 Å². The van der Waals surface area contributed by atoms with E-state index in [4.69, 9.17) is 17.3 Å². The fourth-order valence-electron chi connectivity index (χ4n) is 1.43. The van der Waals surface area contributed by atoms with E-state index in [0.29, 0.717) is 6.54 Å². The maximum absolute atomic E-state index is 5.96. The monoisotopic (exact) mass is 199 g/mol. The first kappa shape index (κ1) is 8.30. The van der Waals surface area contributed by atoms with Gasteiger partial charge in [0.25, 0.3) is 0 Å². The van der Waals surface area contributed by atoms with E-state index in [-0.39, 0.29) is 0 Å². The smallest absolute Gasteiger partial charge is 0.0192 e. The highest BCUT2D eigenvalue weighted by molar-refractivity contribution is 7.10. The third-order valence-electron chi connectivity index (χ3n) is 2.10. The van der Waals surface area contributed by atoms with Gasteiger partial charge in [-0.15, -0.1) is 11.3 Å². The van der Waals surface area contributed by atoms with Crippen LogP contribution in [0.3, 0.4) is 0 Å². The lowest BCUT2D eigenvalue weighted by Gasteiger charge is -2.08. The molecule has 2 N–H and O–H groups in total. The zero-order chi connectivity index (χ0) is 8.55. The van der Waals surface area contributed by atoms with Crippen molar-refractivity contribution in [3.05, 3.63) is 26.4 Å². The quantitative estimate of drug-likeness (QED) is 0.740. The second-order valence-corrected chi connectivity index (χ2v) is 4.34. The van der Waals surface area contributed by atoms with E-state index in [1.807, 2.05) is 0 Å². The van der Waals surface area contributed by atoms with Gasteiger partial charge in [0.15, 0.2) is 0 Å². The van der Waals surface area contributed by atoms with Crippen LogP contribution >= 0.6 is 22.9 Å². The number of aryl methyl sites for hydroxylation is 1. The number of thiophene rings is 1. The van der Waals surface area contributed by atoms with Crippen LogP contribution in [0.5, 0.6) is 0 Å². The predicted molar refractivity (Wildman–Crippen MR) is 54.4 cm³/mol. The average Bonchev–Trinajstić information content (AvgIpc) is 2.46. The van der Waals surface area contributed by atoms with Gasteiger partial charge in [0, 0.05) is 16.5 Å². The Morgan fingerprint density at radius 2 is 2.33 bits per heavy atom. The molecule has 0 radical (unpaired) electrons. The fraction of sp³-hybridized carbons (Fsp3) is 0.333. The minimum atomic E-state index is 0.618. The van der Waals surface area contributed by atoms with Crippen LogP contribution in [0.1, 0.15) is 22.4 Å². The highest BCUT2D eigenvalue weighted by Gasteiger charge is 2.13. The summed E-state index contributed by atoms with van der Waals surface area (Å²) in [6.45, 7) is 0.618. The summed E-state index contributed by atoms with van der Waals surface area (Å²) in [5, 5.41) is 3.09. The lowest BCUT2D eigenvalue weighted by atomic mass is 10.0. The summed E-state index contributed by atoms with van der Waals surface area (Å²) in [6.07, 6.45) is 4.12. The predicted octanol–water partition coefficient (Wildman–Crippen LogP) is 2.73. The van der Waals surface area contributed by atoms with Gasteiger partial charge in [-0.25, -0.2) is 0 Å². The van der Waals surface area contributed by atoms with Crippen LogP contribution in [0.4, 0.5) is 0 Å². The third-order valence-corrected chi connectivity index (χ3v) is 3.51. The summed E-state index contributed by atoms with van der Waals surface area (Å²) in [6, 6.07) is 0. The van der Waals surface area contributed by atoms with Crippen LogP contribution in [-0.4, -0.2) is 0 Å². The molecule has 0 saturated heterocycles. The molecular weight excluding hydrogens is 190 g/mol. The highest BCUT2D eigenvalue weighted by atomic mass is 35.5. The number of allylic oxidation sites excluding steroid dienone is 1. The van der Waals surface area contributed by atoms with Crippen LogP contribution in [0.15, 0.2) is 10.4 Å². The van der Waals surface area contributed by atoms with Gasteiger partial charge < -0.3 is 5.73 Å². The van der Waals surface area contributed by atoms with Crippen LogP contribution < -0.4 is 5.73 Å². The average molecular weight is 200 g/mol. The molecule has 1 aromatic heterocycles. The third kappa shape index (κ3) is 1.30. The summed E-state index contributed by atoms with van der Waals surface area (Å²) in [4.78, 5) is 1.43. The summed E-state index contributed by atoms with van der Waals surface area (Å²) in [5.74, 6) is 0. The molecule has 12 heavy (non-hydrogen) atoms. The Bertz CT molecular complexity index is 327. The summed E-state index contributed by atoms with van der Waals surface area (Å²) < 4.78 is 0. The zero-order valence-electron chi connectivity index (χ0n) is 6.64. The van der Waals surface area contributed by atoms with Gasteiger partial charge in [0.1, 0.15) is 0 Å². The first-order chi connectivity index (χ1) is 5.81. The summed E-state index contributed by atoms with van der Waals surface area (Å²) in [5.41, 5.74) is 8.10. The van der Waals surface area contributed by atoms with Crippen molar-refractivity contribution in [1.29, 1.82) is 0 Å². The van der Waals surface area contributed by atoms with Crippen molar-refractivity contribution < 1.29 is 0 Å². The molecule has 3 heteroatoms.